The van der Waals surface area contributed by atoms with Gasteiger partial charge in [0.2, 0.25) is 11.8 Å². The van der Waals surface area contributed by atoms with Gasteiger partial charge in [0.1, 0.15) is 5.38 Å². The van der Waals surface area contributed by atoms with Crippen molar-refractivity contribution in [3.8, 4) is 0 Å². The summed E-state index contributed by atoms with van der Waals surface area (Å²) in [5.41, 5.74) is 0. The Morgan fingerprint density at radius 2 is 1.94 bits per heavy atom. The SMILES string of the molecule is CC(Cl)c1nnc(C2C3C4CCC(C4)C23)o1. The molecular formula is C12H15ClN2O. The van der Waals surface area contributed by atoms with Crippen LogP contribution in [0.5, 0.6) is 0 Å². The monoisotopic (exact) mass is 238 g/mol. The van der Waals surface area contributed by atoms with Crippen LogP contribution in [0.3, 0.4) is 0 Å². The zero-order valence-corrected chi connectivity index (χ0v) is 10.0. The van der Waals surface area contributed by atoms with E-state index in [0.29, 0.717) is 11.8 Å². The molecule has 0 amide bonds. The van der Waals surface area contributed by atoms with Gasteiger partial charge in [-0.25, -0.2) is 0 Å². The van der Waals surface area contributed by atoms with E-state index in [4.69, 9.17) is 16.0 Å². The maximum Gasteiger partial charge on any atom is 0.234 e. The minimum atomic E-state index is -0.170. The molecule has 3 saturated carbocycles. The average molecular weight is 239 g/mol. The summed E-state index contributed by atoms with van der Waals surface area (Å²) in [6.45, 7) is 1.87. The van der Waals surface area contributed by atoms with Crippen molar-refractivity contribution in [2.45, 2.75) is 37.5 Å². The fourth-order valence-electron chi connectivity index (χ4n) is 4.20. The van der Waals surface area contributed by atoms with Crippen LogP contribution in [-0.2, 0) is 0 Å². The van der Waals surface area contributed by atoms with Gasteiger partial charge in [0, 0.05) is 5.92 Å². The smallest absolute Gasteiger partial charge is 0.234 e. The fraction of sp³-hybridized carbons (Fsp3) is 0.833. The number of hydrogen-bond donors (Lipinski definition) is 0. The van der Waals surface area contributed by atoms with Crippen LogP contribution in [0.2, 0.25) is 0 Å². The molecule has 86 valence electrons. The molecule has 2 bridgehead atoms. The van der Waals surface area contributed by atoms with E-state index in [2.05, 4.69) is 10.2 Å². The van der Waals surface area contributed by atoms with Crippen LogP contribution in [0, 0.1) is 23.7 Å². The van der Waals surface area contributed by atoms with Crippen molar-refractivity contribution in [3.63, 3.8) is 0 Å². The number of nitrogens with zero attached hydrogens (tertiary/aromatic N) is 2. The summed E-state index contributed by atoms with van der Waals surface area (Å²) in [6, 6.07) is 0. The lowest BCUT2D eigenvalue weighted by Gasteiger charge is -2.04. The first-order valence-electron chi connectivity index (χ1n) is 6.23. The molecule has 5 atom stereocenters. The Morgan fingerprint density at radius 1 is 1.25 bits per heavy atom. The lowest BCUT2D eigenvalue weighted by Crippen LogP contribution is -1.97. The van der Waals surface area contributed by atoms with E-state index in [1.807, 2.05) is 6.92 Å². The Balaban J connectivity index is 1.59. The van der Waals surface area contributed by atoms with Crippen LogP contribution in [0.25, 0.3) is 0 Å². The van der Waals surface area contributed by atoms with Gasteiger partial charge < -0.3 is 4.42 Å². The molecule has 3 aliphatic rings. The summed E-state index contributed by atoms with van der Waals surface area (Å²) >= 11 is 5.94. The van der Waals surface area contributed by atoms with E-state index in [-0.39, 0.29) is 5.38 Å². The molecule has 0 radical (unpaired) electrons. The molecule has 3 aliphatic carbocycles. The van der Waals surface area contributed by atoms with E-state index in [0.717, 1.165) is 29.6 Å². The summed E-state index contributed by atoms with van der Waals surface area (Å²) < 4.78 is 5.68. The standard InChI is InChI=1S/C12H15ClN2O/c1-5(13)11-14-15-12(16-11)10-8-6-2-3-7(4-6)9(8)10/h5-10H,2-4H2,1H3. The third-order valence-corrected chi connectivity index (χ3v) is 5.00. The van der Waals surface area contributed by atoms with E-state index in [9.17, 15) is 0 Å². The number of halogens is 1. The summed E-state index contributed by atoms with van der Waals surface area (Å²) in [7, 11) is 0. The third kappa shape index (κ3) is 1.10. The third-order valence-electron chi connectivity index (χ3n) is 4.82. The van der Waals surface area contributed by atoms with Gasteiger partial charge >= 0.3 is 0 Å². The first-order valence-corrected chi connectivity index (χ1v) is 6.66. The lowest BCUT2D eigenvalue weighted by atomic mass is 10.0. The molecule has 0 N–H and O–H groups in total. The van der Waals surface area contributed by atoms with Crippen LogP contribution in [0.15, 0.2) is 4.42 Å². The van der Waals surface area contributed by atoms with Gasteiger partial charge in [0.15, 0.2) is 0 Å². The van der Waals surface area contributed by atoms with Gasteiger partial charge in [-0.15, -0.1) is 21.8 Å². The second kappa shape index (κ2) is 3.00. The van der Waals surface area contributed by atoms with E-state index in [1.54, 1.807) is 0 Å². The van der Waals surface area contributed by atoms with Crippen molar-refractivity contribution in [2.75, 3.05) is 0 Å². The molecule has 5 unspecified atom stereocenters. The molecule has 1 aromatic heterocycles. The van der Waals surface area contributed by atoms with Gasteiger partial charge in [-0.2, -0.15) is 0 Å². The van der Waals surface area contributed by atoms with E-state index in [1.165, 1.54) is 19.3 Å². The minimum absolute atomic E-state index is 0.170. The van der Waals surface area contributed by atoms with Gasteiger partial charge in [-0.3, -0.25) is 0 Å². The summed E-state index contributed by atoms with van der Waals surface area (Å²) in [6.07, 6.45) is 4.31. The molecule has 16 heavy (non-hydrogen) atoms. The van der Waals surface area contributed by atoms with E-state index >= 15 is 0 Å². The highest BCUT2D eigenvalue weighted by atomic mass is 35.5. The van der Waals surface area contributed by atoms with Gasteiger partial charge in [0.05, 0.1) is 0 Å². The van der Waals surface area contributed by atoms with Crippen LogP contribution in [-0.4, -0.2) is 10.2 Å². The normalized spacial score (nSPS) is 45.8. The topological polar surface area (TPSA) is 38.9 Å². The average Bonchev–Trinajstić information content (AvgIpc) is 2.74. The number of hydrogen-bond acceptors (Lipinski definition) is 3. The maximum absolute atomic E-state index is 5.94. The molecule has 0 spiro atoms. The molecule has 0 saturated heterocycles. The highest BCUT2D eigenvalue weighted by molar-refractivity contribution is 6.20. The Bertz CT molecular complexity index is 414. The molecule has 0 aromatic carbocycles. The molecule has 3 nitrogen and oxygen atoms in total. The Hall–Kier alpha value is -0.570. The number of aromatic nitrogens is 2. The van der Waals surface area contributed by atoms with Crippen LogP contribution < -0.4 is 0 Å². The quantitative estimate of drug-likeness (QED) is 0.743. The Kier molecular flexibility index (Phi) is 1.78. The second-order valence-corrected chi connectivity index (χ2v) is 6.26. The minimum Gasteiger partial charge on any atom is -0.423 e. The molecule has 4 rings (SSSR count). The predicted molar refractivity (Wildman–Crippen MR) is 59.1 cm³/mol. The van der Waals surface area contributed by atoms with Crippen molar-refractivity contribution < 1.29 is 4.42 Å². The van der Waals surface area contributed by atoms with Crippen molar-refractivity contribution in [1.29, 1.82) is 0 Å². The van der Waals surface area contributed by atoms with Crippen LogP contribution >= 0.6 is 11.6 Å². The van der Waals surface area contributed by atoms with E-state index < -0.39 is 0 Å². The summed E-state index contributed by atoms with van der Waals surface area (Å²) in [5, 5.41) is 8.03. The zero-order chi connectivity index (χ0) is 10.9. The zero-order valence-electron chi connectivity index (χ0n) is 9.27. The highest BCUT2D eigenvalue weighted by Gasteiger charge is 2.67. The maximum atomic E-state index is 5.94. The van der Waals surface area contributed by atoms with Gasteiger partial charge in [-0.05, 0) is 49.9 Å². The lowest BCUT2D eigenvalue weighted by molar-refractivity contribution is 0.410. The van der Waals surface area contributed by atoms with Crippen molar-refractivity contribution in [1.82, 2.24) is 10.2 Å². The molecule has 3 fully saturated rings. The molecule has 1 heterocycles. The van der Waals surface area contributed by atoms with Crippen molar-refractivity contribution in [3.05, 3.63) is 11.8 Å². The molecule has 4 heteroatoms. The van der Waals surface area contributed by atoms with Gasteiger partial charge in [-0.1, -0.05) is 0 Å². The largest absolute Gasteiger partial charge is 0.423 e. The second-order valence-electron chi connectivity index (χ2n) is 5.61. The molecular weight excluding hydrogens is 224 g/mol. The van der Waals surface area contributed by atoms with Crippen molar-refractivity contribution in [2.24, 2.45) is 23.7 Å². The Morgan fingerprint density at radius 3 is 2.50 bits per heavy atom. The van der Waals surface area contributed by atoms with Crippen molar-refractivity contribution >= 4 is 11.6 Å². The molecule has 0 aliphatic heterocycles. The first-order chi connectivity index (χ1) is 7.75. The summed E-state index contributed by atoms with van der Waals surface area (Å²) in [4.78, 5) is 0. The summed E-state index contributed by atoms with van der Waals surface area (Å²) in [5.74, 6) is 5.62. The molecule has 1 aromatic rings. The fourth-order valence-corrected chi connectivity index (χ4v) is 4.29. The highest BCUT2D eigenvalue weighted by Crippen LogP contribution is 2.72. The van der Waals surface area contributed by atoms with Crippen LogP contribution in [0.4, 0.5) is 0 Å². The number of alkyl halides is 1. The predicted octanol–water partition coefficient (Wildman–Crippen LogP) is 3.13. The van der Waals surface area contributed by atoms with Crippen LogP contribution in [0.1, 0.15) is 49.3 Å². The number of rotatable bonds is 2. The van der Waals surface area contributed by atoms with Gasteiger partial charge in [0.25, 0.3) is 0 Å². The number of fused-ring (bicyclic) bond motifs is 5. The Labute approximate surface area is 99.6 Å². The first kappa shape index (κ1) is 9.46.